The molecule has 1 atom stereocenters. The number of hydrogen-bond donors (Lipinski definition) is 1. The van der Waals surface area contributed by atoms with E-state index in [4.69, 9.17) is 9.26 Å². The van der Waals surface area contributed by atoms with E-state index in [1.807, 2.05) is 31.2 Å². The fourth-order valence-electron chi connectivity index (χ4n) is 3.07. The Morgan fingerprint density at radius 1 is 1.24 bits per heavy atom. The summed E-state index contributed by atoms with van der Waals surface area (Å²) in [5, 5.41) is 10.9. The Hall–Kier alpha value is -3.33. The van der Waals surface area contributed by atoms with Crippen LogP contribution in [0.5, 0.6) is 0 Å². The van der Waals surface area contributed by atoms with E-state index in [1.54, 1.807) is 6.07 Å². The van der Waals surface area contributed by atoms with Crippen molar-refractivity contribution < 1.29 is 14.1 Å². The minimum atomic E-state index is -0.465. The number of rotatable bonds is 6. The van der Waals surface area contributed by atoms with Crippen LogP contribution in [0.25, 0.3) is 11.3 Å². The molecule has 1 unspecified atom stereocenters. The van der Waals surface area contributed by atoms with Gasteiger partial charge in [-0.3, -0.25) is 9.59 Å². The third-order valence-corrected chi connectivity index (χ3v) is 4.68. The van der Waals surface area contributed by atoms with E-state index in [0.29, 0.717) is 18.8 Å². The molecule has 9 heteroatoms. The number of aryl methyl sites for hydroxylation is 1. The second kappa shape index (κ2) is 8.36. The molecule has 0 radical (unpaired) electrons. The van der Waals surface area contributed by atoms with Crippen LogP contribution < -0.4 is 10.9 Å². The van der Waals surface area contributed by atoms with Crippen LogP contribution in [0.1, 0.15) is 34.9 Å². The number of hydrogen-bond acceptors (Lipinski definition) is 7. The van der Waals surface area contributed by atoms with Gasteiger partial charge in [0.15, 0.2) is 5.82 Å². The predicted octanol–water partition coefficient (Wildman–Crippen LogP) is 1.56. The van der Waals surface area contributed by atoms with Gasteiger partial charge >= 0.3 is 11.8 Å². The lowest BCUT2D eigenvalue weighted by molar-refractivity contribution is 0.0822. The molecule has 2 aromatic heterocycles. The monoisotopic (exact) mass is 395 g/mol. The van der Waals surface area contributed by atoms with Gasteiger partial charge in [0.05, 0.1) is 11.8 Å². The van der Waals surface area contributed by atoms with Gasteiger partial charge in [-0.25, -0.2) is 4.68 Å². The van der Waals surface area contributed by atoms with E-state index in [9.17, 15) is 9.59 Å². The number of nitrogens with zero attached hydrogens (tertiary/aromatic N) is 4. The minimum absolute atomic E-state index is 0.00104. The molecule has 1 N–H and O–H groups in total. The average molecular weight is 395 g/mol. The quantitative estimate of drug-likeness (QED) is 0.674. The van der Waals surface area contributed by atoms with Crippen LogP contribution >= 0.6 is 0 Å². The summed E-state index contributed by atoms with van der Waals surface area (Å²) >= 11 is 0. The Kier molecular flexibility index (Phi) is 5.48. The first kappa shape index (κ1) is 19.0. The highest BCUT2D eigenvalue weighted by atomic mass is 16.5. The molecular formula is C20H21N5O4. The molecule has 0 aliphatic carbocycles. The summed E-state index contributed by atoms with van der Waals surface area (Å²) in [6.45, 7) is 3.12. The van der Waals surface area contributed by atoms with Crippen LogP contribution in [0.4, 0.5) is 0 Å². The molecule has 0 spiro atoms. The first-order chi connectivity index (χ1) is 14.1. The van der Waals surface area contributed by atoms with Crippen LogP contribution in [0.2, 0.25) is 0 Å². The standard InChI is InChI=1S/C20H21N5O4/c1-13-4-6-14(7-5-13)16-8-9-18(26)25(23-16)12-17-22-20(29-24-17)19(27)21-11-15-3-2-10-28-15/h4-9,15H,2-3,10-12H2,1H3,(H,21,27). The van der Waals surface area contributed by atoms with Gasteiger partial charge < -0.3 is 14.6 Å². The number of benzene rings is 1. The topological polar surface area (TPSA) is 112 Å². The molecule has 1 amide bonds. The summed E-state index contributed by atoms with van der Waals surface area (Å²) in [6.07, 6.45) is 1.93. The van der Waals surface area contributed by atoms with Crippen LogP contribution in [-0.2, 0) is 11.3 Å². The van der Waals surface area contributed by atoms with Crippen LogP contribution in [-0.4, -0.2) is 45.1 Å². The minimum Gasteiger partial charge on any atom is -0.376 e. The van der Waals surface area contributed by atoms with E-state index >= 15 is 0 Å². The highest BCUT2D eigenvalue weighted by Crippen LogP contribution is 2.16. The lowest BCUT2D eigenvalue weighted by Gasteiger charge is -2.08. The second-order valence-corrected chi connectivity index (χ2v) is 6.94. The van der Waals surface area contributed by atoms with Crippen molar-refractivity contribution in [3.63, 3.8) is 0 Å². The largest absolute Gasteiger partial charge is 0.376 e. The maximum absolute atomic E-state index is 12.2. The van der Waals surface area contributed by atoms with E-state index in [1.165, 1.54) is 10.7 Å². The summed E-state index contributed by atoms with van der Waals surface area (Å²) in [7, 11) is 0. The molecule has 3 heterocycles. The predicted molar refractivity (Wildman–Crippen MR) is 103 cm³/mol. The van der Waals surface area contributed by atoms with Crippen molar-refractivity contribution in [1.29, 1.82) is 0 Å². The maximum atomic E-state index is 12.2. The zero-order valence-corrected chi connectivity index (χ0v) is 16.0. The van der Waals surface area contributed by atoms with Crippen LogP contribution in [0.3, 0.4) is 0 Å². The molecular weight excluding hydrogens is 374 g/mol. The molecule has 29 heavy (non-hydrogen) atoms. The summed E-state index contributed by atoms with van der Waals surface area (Å²) in [4.78, 5) is 28.4. The van der Waals surface area contributed by atoms with Gasteiger partial charge in [0.2, 0.25) is 0 Å². The van der Waals surface area contributed by atoms with Crippen molar-refractivity contribution in [2.75, 3.05) is 13.2 Å². The van der Waals surface area contributed by atoms with Gasteiger partial charge in [0, 0.05) is 24.8 Å². The number of nitrogens with one attached hydrogen (secondary N) is 1. The fraction of sp³-hybridized carbons (Fsp3) is 0.350. The van der Waals surface area contributed by atoms with Crippen molar-refractivity contribution in [2.45, 2.75) is 32.4 Å². The number of amides is 1. The Bertz CT molecular complexity index is 1050. The molecule has 150 valence electrons. The normalized spacial score (nSPS) is 16.1. The molecule has 1 aromatic carbocycles. The Balaban J connectivity index is 1.45. The summed E-state index contributed by atoms with van der Waals surface area (Å²) in [5.41, 5.74) is 2.39. The molecule has 1 saturated heterocycles. The van der Waals surface area contributed by atoms with Gasteiger partial charge in [-0.1, -0.05) is 35.0 Å². The molecule has 1 fully saturated rings. The Labute approximate surface area is 166 Å². The van der Waals surface area contributed by atoms with Crippen LogP contribution in [0.15, 0.2) is 45.7 Å². The third-order valence-electron chi connectivity index (χ3n) is 4.68. The average Bonchev–Trinajstić information content (AvgIpc) is 3.41. The second-order valence-electron chi connectivity index (χ2n) is 6.94. The number of ether oxygens (including phenoxy) is 1. The smallest absolute Gasteiger partial charge is 0.316 e. The van der Waals surface area contributed by atoms with Crippen molar-refractivity contribution in [1.82, 2.24) is 25.2 Å². The van der Waals surface area contributed by atoms with Crippen LogP contribution in [0, 0.1) is 6.92 Å². The molecule has 0 bridgehead atoms. The zero-order valence-electron chi connectivity index (χ0n) is 16.0. The van der Waals surface area contributed by atoms with Gasteiger partial charge in [-0.05, 0) is 25.8 Å². The number of carbonyl (C=O) groups is 1. The van der Waals surface area contributed by atoms with E-state index < -0.39 is 5.91 Å². The summed E-state index contributed by atoms with van der Waals surface area (Å²) < 4.78 is 11.7. The number of aromatic nitrogens is 4. The highest BCUT2D eigenvalue weighted by molar-refractivity contribution is 5.89. The summed E-state index contributed by atoms with van der Waals surface area (Å²) in [6, 6.07) is 11.0. The van der Waals surface area contributed by atoms with E-state index in [0.717, 1.165) is 24.0 Å². The molecule has 4 rings (SSSR count). The van der Waals surface area contributed by atoms with Crippen molar-refractivity contribution in [2.24, 2.45) is 0 Å². The third kappa shape index (κ3) is 4.57. The fourth-order valence-corrected chi connectivity index (χ4v) is 3.07. The first-order valence-corrected chi connectivity index (χ1v) is 9.46. The van der Waals surface area contributed by atoms with Gasteiger partial charge in [0.25, 0.3) is 5.56 Å². The molecule has 1 aliphatic heterocycles. The lowest BCUT2D eigenvalue weighted by atomic mass is 10.1. The Morgan fingerprint density at radius 3 is 2.83 bits per heavy atom. The number of carbonyl (C=O) groups excluding carboxylic acids is 1. The van der Waals surface area contributed by atoms with Gasteiger partial charge in [-0.15, -0.1) is 0 Å². The molecule has 0 saturated carbocycles. The van der Waals surface area contributed by atoms with Gasteiger partial charge in [-0.2, -0.15) is 10.1 Å². The molecule has 9 nitrogen and oxygen atoms in total. The van der Waals surface area contributed by atoms with Crippen molar-refractivity contribution in [3.8, 4) is 11.3 Å². The van der Waals surface area contributed by atoms with Gasteiger partial charge in [0.1, 0.15) is 6.54 Å². The molecule has 3 aromatic rings. The SMILES string of the molecule is Cc1ccc(-c2ccc(=O)n(Cc3noc(C(=O)NCC4CCCO4)n3)n2)cc1. The summed E-state index contributed by atoms with van der Waals surface area (Å²) in [5.74, 6) is -0.420. The molecule has 1 aliphatic rings. The maximum Gasteiger partial charge on any atom is 0.316 e. The van der Waals surface area contributed by atoms with E-state index in [2.05, 4.69) is 20.6 Å². The van der Waals surface area contributed by atoms with E-state index in [-0.39, 0.29) is 29.9 Å². The Morgan fingerprint density at radius 2 is 2.07 bits per heavy atom. The van der Waals surface area contributed by atoms with Crippen molar-refractivity contribution >= 4 is 5.91 Å². The lowest BCUT2D eigenvalue weighted by Crippen LogP contribution is -2.32. The first-order valence-electron chi connectivity index (χ1n) is 9.46. The van der Waals surface area contributed by atoms with Crippen molar-refractivity contribution in [3.05, 3.63) is 64.0 Å². The highest BCUT2D eigenvalue weighted by Gasteiger charge is 2.20. The zero-order chi connectivity index (χ0) is 20.2.